The van der Waals surface area contributed by atoms with Crippen LogP contribution < -0.4 is 10.1 Å². The molecule has 0 atom stereocenters. The highest BCUT2D eigenvalue weighted by Crippen LogP contribution is 2.27. The van der Waals surface area contributed by atoms with Crippen molar-refractivity contribution in [1.82, 2.24) is 4.90 Å². The third kappa shape index (κ3) is 4.64. The average molecular weight is 346 g/mol. The molecule has 0 amide bonds. The van der Waals surface area contributed by atoms with E-state index in [-0.39, 0.29) is 0 Å². The summed E-state index contributed by atoms with van der Waals surface area (Å²) >= 11 is 0. The summed E-state index contributed by atoms with van der Waals surface area (Å²) in [7, 11) is 5.87. The first-order valence-corrected chi connectivity index (χ1v) is 8.80. The quantitative estimate of drug-likeness (QED) is 0.640. The van der Waals surface area contributed by atoms with Crippen LogP contribution in [0, 0.1) is 6.92 Å². The van der Waals surface area contributed by atoms with E-state index in [0.29, 0.717) is 0 Å². The molecule has 0 aliphatic carbocycles. The topological polar surface area (TPSA) is 24.5 Å². The molecule has 0 heterocycles. The van der Waals surface area contributed by atoms with Crippen molar-refractivity contribution in [2.24, 2.45) is 0 Å². The van der Waals surface area contributed by atoms with Crippen LogP contribution in [0.25, 0.3) is 11.1 Å². The fraction of sp³-hybridized carbons (Fsp3) is 0.217. The third-order valence-corrected chi connectivity index (χ3v) is 4.25. The van der Waals surface area contributed by atoms with Crippen molar-refractivity contribution in [2.45, 2.75) is 13.5 Å². The van der Waals surface area contributed by atoms with Crippen LogP contribution in [0.5, 0.6) is 5.75 Å². The Kier molecular flexibility index (Phi) is 5.59. The summed E-state index contributed by atoms with van der Waals surface area (Å²) in [4.78, 5) is 2.17. The molecule has 0 radical (unpaired) electrons. The Morgan fingerprint density at radius 3 is 2.00 bits per heavy atom. The Balaban J connectivity index is 1.72. The van der Waals surface area contributed by atoms with E-state index in [0.717, 1.165) is 23.7 Å². The average Bonchev–Trinajstić information content (AvgIpc) is 2.63. The number of methoxy groups -OCH3 is 1. The maximum Gasteiger partial charge on any atom is 0.119 e. The number of rotatable bonds is 6. The molecule has 134 valence electrons. The minimum atomic E-state index is 0.889. The Morgan fingerprint density at radius 2 is 1.42 bits per heavy atom. The second kappa shape index (κ2) is 8.07. The van der Waals surface area contributed by atoms with Crippen molar-refractivity contribution in [2.75, 3.05) is 26.5 Å². The van der Waals surface area contributed by atoms with Crippen LogP contribution in [0.4, 0.5) is 11.4 Å². The zero-order valence-electron chi connectivity index (χ0n) is 15.9. The standard InChI is InChI=1S/C23H26N2O/c1-17-13-20(15-23(14-17)26-4)19-7-11-22(12-8-19)24-21-9-5-18(6-10-21)16-25(2)3/h5-15,24H,16H2,1-4H3. The summed E-state index contributed by atoms with van der Waals surface area (Å²) in [6.45, 7) is 3.04. The molecule has 0 spiro atoms. The van der Waals surface area contributed by atoms with E-state index in [1.807, 2.05) is 6.07 Å². The molecular formula is C23H26N2O. The summed E-state index contributed by atoms with van der Waals surface area (Å²) < 4.78 is 5.38. The molecule has 0 fully saturated rings. The summed E-state index contributed by atoms with van der Waals surface area (Å²) in [5.74, 6) is 0.889. The van der Waals surface area contributed by atoms with E-state index in [4.69, 9.17) is 4.74 Å². The SMILES string of the molecule is COc1cc(C)cc(-c2ccc(Nc3ccc(CN(C)C)cc3)cc2)c1. The molecule has 26 heavy (non-hydrogen) atoms. The van der Waals surface area contributed by atoms with Crippen LogP contribution in [0.2, 0.25) is 0 Å². The molecule has 3 aromatic rings. The van der Waals surface area contributed by atoms with Crippen molar-refractivity contribution in [1.29, 1.82) is 0 Å². The van der Waals surface area contributed by atoms with Crippen molar-refractivity contribution in [3.63, 3.8) is 0 Å². The minimum absolute atomic E-state index is 0.889. The lowest BCUT2D eigenvalue weighted by molar-refractivity contribution is 0.402. The highest BCUT2D eigenvalue weighted by Gasteiger charge is 2.03. The van der Waals surface area contributed by atoms with Gasteiger partial charge in [-0.05, 0) is 79.7 Å². The van der Waals surface area contributed by atoms with Gasteiger partial charge in [0.25, 0.3) is 0 Å². The molecule has 3 aromatic carbocycles. The lowest BCUT2D eigenvalue weighted by atomic mass is 10.0. The summed E-state index contributed by atoms with van der Waals surface area (Å²) in [5.41, 5.74) is 7.02. The summed E-state index contributed by atoms with van der Waals surface area (Å²) in [6, 6.07) is 23.3. The fourth-order valence-corrected chi connectivity index (χ4v) is 3.00. The Hall–Kier alpha value is -2.78. The van der Waals surface area contributed by atoms with Crippen LogP contribution in [0.1, 0.15) is 11.1 Å². The molecule has 0 saturated heterocycles. The number of aryl methyl sites for hydroxylation is 1. The van der Waals surface area contributed by atoms with Crippen LogP contribution in [-0.4, -0.2) is 26.1 Å². The zero-order chi connectivity index (χ0) is 18.5. The van der Waals surface area contributed by atoms with Gasteiger partial charge in [0.2, 0.25) is 0 Å². The molecule has 3 nitrogen and oxygen atoms in total. The number of anilines is 2. The van der Waals surface area contributed by atoms with E-state index in [9.17, 15) is 0 Å². The van der Waals surface area contributed by atoms with Crippen molar-refractivity contribution in [3.05, 3.63) is 77.9 Å². The van der Waals surface area contributed by atoms with Gasteiger partial charge in [0.05, 0.1) is 7.11 Å². The molecule has 0 aliphatic rings. The van der Waals surface area contributed by atoms with Gasteiger partial charge in [-0.25, -0.2) is 0 Å². The van der Waals surface area contributed by atoms with Crippen LogP contribution >= 0.6 is 0 Å². The number of nitrogens with one attached hydrogen (secondary N) is 1. The first kappa shape index (κ1) is 18.0. The first-order chi connectivity index (χ1) is 12.5. The number of ether oxygens (including phenoxy) is 1. The zero-order valence-corrected chi connectivity index (χ0v) is 15.9. The number of hydrogen-bond donors (Lipinski definition) is 1. The van der Waals surface area contributed by atoms with Gasteiger partial charge in [-0.2, -0.15) is 0 Å². The summed E-state index contributed by atoms with van der Waals surface area (Å²) in [6.07, 6.45) is 0. The maximum absolute atomic E-state index is 5.38. The van der Waals surface area contributed by atoms with Crippen molar-refractivity contribution in [3.8, 4) is 16.9 Å². The van der Waals surface area contributed by atoms with Gasteiger partial charge in [-0.1, -0.05) is 30.3 Å². The van der Waals surface area contributed by atoms with E-state index in [1.54, 1.807) is 7.11 Å². The maximum atomic E-state index is 5.38. The molecule has 1 N–H and O–H groups in total. The fourth-order valence-electron chi connectivity index (χ4n) is 3.00. The normalized spacial score (nSPS) is 10.8. The predicted molar refractivity (Wildman–Crippen MR) is 110 cm³/mol. The number of nitrogens with zero attached hydrogens (tertiary/aromatic N) is 1. The lowest BCUT2D eigenvalue weighted by Crippen LogP contribution is -2.10. The molecule has 3 heteroatoms. The van der Waals surface area contributed by atoms with Gasteiger partial charge in [-0.15, -0.1) is 0 Å². The van der Waals surface area contributed by atoms with Gasteiger partial charge in [0.1, 0.15) is 5.75 Å². The van der Waals surface area contributed by atoms with Gasteiger partial charge in [-0.3, -0.25) is 0 Å². The van der Waals surface area contributed by atoms with E-state index >= 15 is 0 Å². The van der Waals surface area contributed by atoms with Gasteiger partial charge in [0.15, 0.2) is 0 Å². The van der Waals surface area contributed by atoms with Gasteiger partial charge < -0.3 is 15.0 Å². The van der Waals surface area contributed by atoms with E-state index in [2.05, 4.69) is 91.9 Å². The Bertz CT molecular complexity index is 852. The van der Waals surface area contributed by atoms with Crippen LogP contribution in [0.3, 0.4) is 0 Å². The van der Waals surface area contributed by atoms with Gasteiger partial charge in [0, 0.05) is 17.9 Å². The predicted octanol–water partition coefficient (Wildman–Crippen LogP) is 5.48. The van der Waals surface area contributed by atoms with E-state index in [1.165, 1.54) is 22.3 Å². The Labute approximate surface area is 156 Å². The molecule has 0 aliphatic heterocycles. The molecule has 0 unspecified atom stereocenters. The second-order valence-electron chi connectivity index (χ2n) is 6.88. The van der Waals surface area contributed by atoms with Crippen molar-refractivity contribution >= 4 is 11.4 Å². The second-order valence-corrected chi connectivity index (χ2v) is 6.88. The third-order valence-electron chi connectivity index (χ3n) is 4.25. The smallest absolute Gasteiger partial charge is 0.119 e. The Morgan fingerprint density at radius 1 is 0.808 bits per heavy atom. The lowest BCUT2D eigenvalue weighted by Gasteiger charge is -2.12. The molecule has 3 rings (SSSR count). The van der Waals surface area contributed by atoms with Crippen molar-refractivity contribution < 1.29 is 4.74 Å². The van der Waals surface area contributed by atoms with Gasteiger partial charge >= 0.3 is 0 Å². The van der Waals surface area contributed by atoms with Crippen LogP contribution in [0.15, 0.2) is 66.7 Å². The van der Waals surface area contributed by atoms with Crippen LogP contribution in [-0.2, 0) is 6.54 Å². The largest absolute Gasteiger partial charge is 0.497 e. The number of hydrogen-bond acceptors (Lipinski definition) is 3. The molecular weight excluding hydrogens is 320 g/mol. The minimum Gasteiger partial charge on any atom is -0.497 e. The first-order valence-electron chi connectivity index (χ1n) is 8.80. The highest BCUT2D eigenvalue weighted by atomic mass is 16.5. The molecule has 0 aromatic heterocycles. The van der Waals surface area contributed by atoms with E-state index < -0.39 is 0 Å². The number of benzene rings is 3. The summed E-state index contributed by atoms with van der Waals surface area (Å²) in [5, 5.41) is 3.46. The molecule has 0 bridgehead atoms. The molecule has 0 saturated carbocycles. The monoisotopic (exact) mass is 346 g/mol. The highest BCUT2D eigenvalue weighted by molar-refractivity contribution is 5.70.